The Bertz CT molecular complexity index is 645. The van der Waals surface area contributed by atoms with Gasteiger partial charge in [-0.05, 0) is 29.0 Å². The van der Waals surface area contributed by atoms with Crippen LogP contribution in [0.3, 0.4) is 0 Å². The lowest BCUT2D eigenvalue weighted by Crippen LogP contribution is -2.31. The number of ether oxygens (including phenoxy) is 1. The number of hydrogen-bond acceptors (Lipinski definition) is 4. The first-order valence-corrected chi connectivity index (χ1v) is 7.34. The maximum atomic E-state index is 12.4. The number of fused-ring (bicyclic) bond motifs is 1. The zero-order valence-electron chi connectivity index (χ0n) is 11.0. The topological polar surface area (TPSA) is 43.4 Å². The number of benzene rings is 1. The van der Waals surface area contributed by atoms with E-state index >= 15 is 0 Å². The number of methoxy groups -OCH3 is 1. The minimum atomic E-state index is -0.684. The highest BCUT2D eigenvalue weighted by Crippen LogP contribution is 2.41. The molecule has 102 valence electrons. The molecule has 20 heavy (non-hydrogen) atoms. The van der Waals surface area contributed by atoms with E-state index in [1.54, 1.807) is 0 Å². The Labute approximate surface area is 121 Å². The van der Waals surface area contributed by atoms with Crippen LogP contribution in [0.4, 0.5) is 0 Å². The largest absolute Gasteiger partial charge is 0.468 e. The Balaban J connectivity index is 2.06. The van der Waals surface area contributed by atoms with Crippen molar-refractivity contribution >= 4 is 23.1 Å². The van der Waals surface area contributed by atoms with Crippen LogP contribution < -0.4 is 0 Å². The van der Waals surface area contributed by atoms with Gasteiger partial charge in [0, 0.05) is 5.92 Å². The smallest absolute Gasteiger partial charge is 0.316 e. The van der Waals surface area contributed by atoms with Gasteiger partial charge in [0.2, 0.25) is 0 Å². The number of ketones is 1. The summed E-state index contributed by atoms with van der Waals surface area (Å²) in [7, 11) is 1.33. The quantitative estimate of drug-likeness (QED) is 0.628. The Hall–Kier alpha value is -1.94. The van der Waals surface area contributed by atoms with Crippen LogP contribution >= 0.6 is 11.3 Å². The summed E-state index contributed by atoms with van der Waals surface area (Å²) >= 11 is 1.41. The van der Waals surface area contributed by atoms with Crippen molar-refractivity contribution in [3.63, 3.8) is 0 Å². The normalized spacial score (nSPS) is 21.4. The van der Waals surface area contributed by atoms with E-state index in [0.717, 1.165) is 11.1 Å². The van der Waals surface area contributed by atoms with E-state index in [1.807, 2.05) is 41.8 Å². The van der Waals surface area contributed by atoms with Crippen LogP contribution in [-0.2, 0) is 9.53 Å². The van der Waals surface area contributed by atoms with Gasteiger partial charge in [-0.15, -0.1) is 11.3 Å². The molecule has 0 saturated heterocycles. The lowest BCUT2D eigenvalue weighted by atomic mass is 9.76. The zero-order valence-corrected chi connectivity index (χ0v) is 11.9. The van der Waals surface area contributed by atoms with Crippen LogP contribution in [-0.4, -0.2) is 18.9 Å². The lowest BCUT2D eigenvalue weighted by Gasteiger charge is -2.27. The summed E-state index contributed by atoms with van der Waals surface area (Å²) in [6, 6.07) is 12.0. The van der Waals surface area contributed by atoms with Crippen LogP contribution in [0.25, 0.3) is 0 Å². The summed E-state index contributed by atoms with van der Waals surface area (Å²) in [4.78, 5) is 24.9. The molecule has 2 atom stereocenters. The minimum absolute atomic E-state index is 0.0826. The molecule has 0 saturated carbocycles. The fraction of sp³-hybridized carbons (Fsp3) is 0.250. The average Bonchev–Trinajstić information content (AvgIpc) is 2.98. The Kier molecular flexibility index (Phi) is 3.40. The predicted octanol–water partition coefficient (Wildman–Crippen LogP) is 3.26. The van der Waals surface area contributed by atoms with Crippen molar-refractivity contribution < 1.29 is 14.3 Å². The fourth-order valence-corrected chi connectivity index (χ4v) is 3.72. The van der Waals surface area contributed by atoms with Crippen molar-refractivity contribution in [2.24, 2.45) is 5.92 Å². The molecule has 1 aromatic heterocycles. The summed E-state index contributed by atoms with van der Waals surface area (Å²) in [5, 5.41) is 1.91. The summed E-state index contributed by atoms with van der Waals surface area (Å²) in [5.74, 6) is -1.14. The number of rotatable bonds is 2. The number of carbonyl (C=O) groups is 2. The molecule has 0 aliphatic heterocycles. The molecule has 0 bridgehead atoms. The molecule has 3 nitrogen and oxygen atoms in total. The zero-order chi connectivity index (χ0) is 14.1. The fourth-order valence-electron chi connectivity index (χ4n) is 2.77. The molecule has 0 amide bonds. The summed E-state index contributed by atoms with van der Waals surface area (Å²) in [6.45, 7) is 0. The molecule has 1 aliphatic carbocycles. The van der Waals surface area contributed by atoms with Crippen LogP contribution in [0.5, 0.6) is 0 Å². The highest BCUT2D eigenvalue weighted by Gasteiger charge is 2.39. The van der Waals surface area contributed by atoms with E-state index < -0.39 is 11.9 Å². The summed E-state index contributed by atoms with van der Waals surface area (Å²) < 4.78 is 4.78. The standard InChI is InChI=1S/C16H14O3S/c1-19-16(18)13-9-12(10-5-3-2-4-6-10)11-7-8-20-15(11)14(13)17/h2-8,12-13H,9H2,1H3. The maximum absolute atomic E-state index is 12.4. The van der Waals surface area contributed by atoms with Gasteiger partial charge in [-0.25, -0.2) is 0 Å². The molecule has 2 unspecified atom stereocenters. The van der Waals surface area contributed by atoms with Gasteiger partial charge in [-0.3, -0.25) is 9.59 Å². The van der Waals surface area contributed by atoms with E-state index in [-0.39, 0.29) is 11.7 Å². The van der Waals surface area contributed by atoms with Crippen molar-refractivity contribution in [1.29, 1.82) is 0 Å². The predicted molar refractivity (Wildman–Crippen MR) is 77.1 cm³/mol. The van der Waals surface area contributed by atoms with Crippen molar-refractivity contribution in [1.82, 2.24) is 0 Å². The molecule has 4 heteroatoms. The Morgan fingerprint density at radius 1 is 1.25 bits per heavy atom. The number of esters is 1. The van der Waals surface area contributed by atoms with E-state index in [9.17, 15) is 9.59 Å². The SMILES string of the molecule is COC(=O)C1CC(c2ccccc2)c2ccsc2C1=O. The molecule has 1 heterocycles. The second kappa shape index (κ2) is 5.21. The number of hydrogen-bond donors (Lipinski definition) is 0. The third-order valence-electron chi connectivity index (χ3n) is 3.77. The third-order valence-corrected chi connectivity index (χ3v) is 4.72. The molecular formula is C16H14O3S. The van der Waals surface area contributed by atoms with Crippen molar-refractivity contribution in [3.8, 4) is 0 Å². The molecule has 0 radical (unpaired) electrons. The van der Waals surface area contributed by atoms with Crippen LogP contribution in [0.1, 0.15) is 33.1 Å². The lowest BCUT2D eigenvalue weighted by molar-refractivity contribution is -0.144. The monoisotopic (exact) mass is 286 g/mol. The van der Waals surface area contributed by atoms with E-state index in [4.69, 9.17) is 4.74 Å². The van der Waals surface area contributed by atoms with Gasteiger partial charge in [0.15, 0.2) is 5.78 Å². The molecule has 2 aromatic rings. The number of Topliss-reactive ketones (excluding diaryl/α,β-unsaturated/α-hetero) is 1. The van der Waals surface area contributed by atoms with Gasteiger partial charge < -0.3 is 4.74 Å². The van der Waals surface area contributed by atoms with Gasteiger partial charge in [-0.2, -0.15) is 0 Å². The second-order valence-electron chi connectivity index (χ2n) is 4.84. The summed E-state index contributed by atoms with van der Waals surface area (Å²) in [5.41, 5.74) is 2.17. The van der Waals surface area contributed by atoms with Crippen LogP contribution in [0.15, 0.2) is 41.8 Å². The van der Waals surface area contributed by atoms with Crippen LogP contribution in [0.2, 0.25) is 0 Å². The molecule has 0 spiro atoms. The maximum Gasteiger partial charge on any atom is 0.316 e. The Morgan fingerprint density at radius 3 is 2.70 bits per heavy atom. The average molecular weight is 286 g/mol. The van der Waals surface area contributed by atoms with Crippen molar-refractivity contribution in [2.75, 3.05) is 7.11 Å². The first kappa shape index (κ1) is 13.1. The second-order valence-corrected chi connectivity index (χ2v) is 5.76. The minimum Gasteiger partial charge on any atom is -0.468 e. The summed E-state index contributed by atoms with van der Waals surface area (Å²) in [6.07, 6.45) is 0.485. The molecule has 1 aromatic carbocycles. The van der Waals surface area contributed by atoms with Gasteiger partial charge in [0.1, 0.15) is 5.92 Å². The van der Waals surface area contributed by atoms with Crippen molar-refractivity contribution in [3.05, 3.63) is 57.8 Å². The molecule has 0 N–H and O–H groups in total. The highest BCUT2D eigenvalue weighted by molar-refractivity contribution is 7.12. The van der Waals surface area contributed by atoms with Gasteiger partial charge in [0.25, 0.3) is 0 Å². The van der Waals surface area contributed by atoms with Gasteiger partial charge in [-0.1, -0.05) is 30.3 Å². The molecule has 0 fully saturated rings. The first-order chi connectivity index (χ1) is 9.72. The van der Waals surface area contributed by atoms with Crippen LogP contribution in [0, 0.1) is 5.92 Å². The molecule has 3 rings (SSSR count). The first-order valence-electron chi connectivity index (χ1n) is 6.46. The van der Waals surface area contributed by atoms with E-state index in [2.05, 4.69) is 0 Å². The number of thiophene rings is 1. The van der Waals surface area contributed by atoms with E-state index in [0.29, 0.717) is 11.3 Å². The van der Waals surface area contributed by atoms with Gasteiger partial charge >= 0.3 is 5.97 Å². The van der Waals surface area contributed by atoms with Crippen molar-refractivity contribution in [2.45, 2.75) is 12.3 Å². The molecule has 1 aliphatic rings. The third kappa shape index (κ3) is 2.06. The Morgan fingerprint density at radius 2 is 2.00 bits per heavy atom. The van der Waals surface area contributed by atoms with E-state index in [1.165, 1.54) is 18.4 Å². The number of carbonyl (C=O) groups excluding carboxylic acids is 2. The van der Waals surface area contributed by atoms with Gasteiger partial charge in [0.05, 0.1) is 12.0 Å². The molecular weight excluding hydrogens is 272 g/mol. The highest BCUT2D eigenvalue weighted by atomic mass is 32.1.